The van der Waals surface area contributed by atoms with Crippen molar-refractivity contribution in [2.45, 2.75) is 324 Å². The number of rotatable bonds is 58. The summed E-state index contributed by atoms with van der Waals surface area (Å²) in [5.74, 6) is 0. The molecule has 0 fully saturated rings. The van der Waals surface area contributed by atoms with Crippen molar-refractivity contribution < 1.29 is 33.2 Å². The smallest absolute Gasteiger partial charge is 0.180 e. The van der Waals surface area contributed by atoms with E-state index in [1.54, 1.807) is 0 Å². The summed E-state index contributed by atoms with van der Waals surface area (Å²) in [6, 6.07) is 0. The van der Waals surface area contributed by atoms with Gasteiger partial charge in [-0.25, -0.2) is 0 Å². The molecule has 0 rings (SSSR count). The molecule has 7 heteroatoms. The van der Waals surface area contributed by atoms with E-state index in [4.69, 9.17) is 33.2 Å². The number of unbranched alkanes of at least 4 members (excludes halogenated alkanes) is 30. The van der Waals surface area contributed by atoms with Crippen LogP contribution in [0.25, 0.3) is 0 Å². The van der Waals surface area contributed by atoms with E-state index in [0.29, 0.717) is 0 Å². The van der Waals surface area contributed by atoms with Gasteiger partial charge in [0.2, 0.25) is 0 Å². The van der Waals surface area contributed by atoms with Crippen molar-refractivity contribution in [3.05, 3.63) is 24.3 Å². The predicted octanol–water partition coefficient (Wildman–Crippen LogP) is 19.2. The van der Waals surface area contributed by atoms with Crippen LogP contribution in [0.1, 0.15) is 298 Å². The van der Waals surface area contributed by atoms with Gasteiger partial charge < -0.3 is 33.2 Å². The maximum atomic E-state index is 6.57. The maximum absolute atomic E-state index is 6.57. The lowest BCUT2D eigenvalue weighted by molar-refractivity contribution is -0.208. The van der Waals surface area contributed by atoms with Gasteiger partial charge in [-0.2, -0.15) is 0 Å². The zero-order valence-corrected chi connectivity index (χ0v) is 46.0. The van der Waals surface area contributed by atoms with Gasteiger partial charge in [-0.1, -0.05) is 221 Å². The SMILES string of the molecule is CCCCCCCOC(C=CCCCCCCCCCCCC(OCCCC)OCCCC)OC(C=CCCCCCCCCCCCC(OCCCC)OCCCC)OCCCCCCC. The van der Waals surface area contributed by atoms with Crippen molar-refractivity contribution in [3.63, 3.8) is 0 Å². The van der Waals surface area contributed by atoms with Crippen LogP contribution in [0.4, 0.5) is 0 Å². The first-order valence-corrected chi connectivity index (χ1v) is 29.8. The minimum atomic E-state index is -0.373. The lowest BCUT2D eigenvalue weighted by Gasteiger charge is -2.22. The molecular formula is C60H118O7. The summed E-state index contributed by atoms with van der Waals surface area (Å²) in [6.45, 7) is 18.2. The Hall–Kier alpha value is -0.800. The Morgan fingerprint density at radius 1 is 0.254 bits per heavy atom. The van der Waals surface area contributed by atoms with Gasteiger partial charge in [0.1, 0.15) is 0 Å². The first-order chi connectivity index (χ1) is 33.1. The van der Waals surface area contributed by atoms with Crippen molar-refractivity contribution in [2.24, 2.45) is 0 Å². The fourth-order valence-corrected chi connectivity index (χ4v) is 8.12. The molecule has 0 N–H and O–H groups in total. The molecule has 0 heterocycles. The van der Waals surface area contributed by atoms with E-state index in [1.165, 1.54) is 193 Å². The number of allylic oxidation sites excluding steroid dienone is 2. The molecule has 0 saturated heterocycles. The van der Waals surface area contributed by atoms with Gasteiger partial charge in [0, 0.05) is 26.4 Å². The first-order valence-electron chi connectivity index (χ1n) is 29.8. The summed E-state index contributed by atoms with van der Waals surface area (Å²) in [4.78, 5) is 0. The molecule has 0 aromatic carbocycles. The minimum absolute atomic E-state index is 0.00370. The number of hydrogen-bond donors (Lipinski definition) is 0. The van der Waals surface area contributed by atoms with Gasteiger partial charge in [-0.05, 0) is 102 Å². The highest BCUT2D eigenvalue weighted by Crippen LogP contribution is 2.18. The summed E-state index contributed by atoms with van der Waals surface area (Å²) in [7, 11) is 0. The van der Waals surface area contributed by atoms with E-state index in [2.05, 4.69) is 65.8 Å². The molecule has 7 nitrogen and oxygen atoms in total. The molecule has 0 aliphatic carbocycles. The van der Waals surface area contributed by atoms with Crippen molar-refractivity contribution in [1.29, 1.82) is 0 Å². The Labute approximate surface area is 419 Å². The zero-order chi connectivity index (χ0) is 48.6. The summed E-state index contributed by atoms with van der Waals surface area (Å²) in [5, 5.41) is 0. The molecule has 0 bridgehead atoms. The molecule has 0 radical (unpaired) electrons. The third kappa shape index (κ3) is 51.4. The summed E-state index contributed by atoms with van der Waals surface area (Å²) < 4.78 is 43.4. The standard InChI is InChI=1S/C60H118O7/c1-7-13-19-39-45-55-65-59(49-43-37-33-29-25-21-23-27-31-35-41-47-57(61-51-15-9-3)62-52-16-10-4)67-60(66-56-46-40-20-14-8-2)50-44-38-34-30-26-22-24-28-32-36-42-48-58(63-53-17-11-5)64-54-18-12-6/h43-44,49-50,57-60H,7-42,45-48,51-56H2,1-6H3. The van der Waals surface area contributed by atoms with Crippen molar-refractivity contribution in [2.75, 3.05) is 39.6 Å². The molecule has 0 spiro atoms. The lowest BCUT2D eigenvalue weighted by atomic mass is 10.1. The molecule has 0 aliphatic rings. The zero-order valence-electron chi connectivity index (χ0n) is 46.0. The van der Waals surface area contributed by atoms with Crippen LogP contribution < -0.4 is 0 Å². The van der Waals surface area contributed by atoms with Crippen LogP contribution in [-0.2, 0) is 33.2 Å². The summed E-state index contributed by atoms with van der Waals surface area (Å²) in [5.41, 5.74) is 0. The van der Waals surface area contributed by atoms with Gasteiger partial charge in [-0.15, -0.1) is 0 Å². The maximum Gasteiger partial charge on any atom is 0.180 e. The minimum Gasteiger partial charge on any atom is -0.353 e. The predicted molar refractivity (Wildman–Crippen MR) is 289 cm³/mol. The Kier molecular flexibility index (Phi) is 57.1. The molecule has 0 aliphatic heterocycles. The third-order valence-corrected chi connectivity index (χ3v) is 12.7. The monoisotopic (exact) mass is 951 g/mol. The summed E-state index contributed by atoms with van der Waals surface area (Å²) >= 11 is 0. The molecule has 0 aromatic heterocycles. The van der Waals surface area contributed by atoms with Gasteiger partial charge in [0.25, 0.3) is 0 Å². The Morgan fingerprint density at radius 3 is 0.821 bits per heavy atom. The molecule has 0 saturated carbocycles. The molecule has 2 unspecified atom stereocenters. The van der Waals surface area contributed by atoms with Crippen LogP contribution >= 0.6 is 0 Å². The molecule has 0 aromatic rings. The molecule has 2 atom stereocenters. The Balaban J connectivity index is 4.70. The van der Waals surface area contributed by atoms with Gasteiger partial charge in [0.15, 0.2) is 25.2 Å². The van der Waals surface area contributed by atoms with Gasteiger partial charge in [-0.3, -0.25) is 0 Å². The third-order valence-electron chi connectivity index (χ3n) is 12.7. The van der Waals surface area contributed by atoms with E-state index in [0.717, 1.165) is 104 Å². The van der Waals surface area contributed by atoms with Crippen LogP contribution in [-0.4, -0.2) is 64.8 Å². The number of hydrogen-bond acceptors (Lipinski definition) is 7. The highest BCUT2D eigenvalue weighted by atomic mass is 16.8. The van der Waals surface area contributed by atoms with E-state index in [-0.39, 0.29) is 25.2 Å². The normalized spacial score (nSPS) is 13.1. The highest BCUT2D eigenvalue weighted by molar-refractivity contribution is 4.90. The summed E-state index contributed by atoms with van der Waals surface area (Å²) in [6.07, 6.45) is 57.2. The van der Waals surface area contributed by atoms with Crippen LogP contribution in [0.3, 0.4) is 0 Å². The van der Waals surface area contributed by atoms with E-state index in [1.807, 2.05) is 0 Å². The first kappa shape index (κ1) is 66.2. The number of ether oxygens (including phenoxy) is 7. The lowest BCUT2D eigenvalue weighted by Crippen LogP contribution is -2.25. The van der Waals surface area contributed by atoms with Crippen molar-refractivity contribution in [3.8, 4) is 0 Å². The molecule has 0 amide bonds. The fourth-order valence-electron chi connectivity index (χ4n) is 8.12. The quantitative estimate of drug-likeness (QED) is 0.0342. The van der Waals surface area contributed by atoms with Crippen LogP contribution in [0.2, 0.25) is 0 Å². The average molecular weight is 952 g/mol. The van der Waals surface area contributed by atoms with Crippen molar-refractivity contribution in [1.82, 2.24) is 0 Å². The van der Waals surface area contributed by atoms with Crippen LogP contribution in [0, 0.1) is 0 Å². The van der Waals surface area contributed by atoms with Gasteiger partial charge in [0.05, 0.1) is 13.2 Å². The Morgan fingerprint density at radius 2 is 0.507 bits per heavy atom. The topological polar surface area (TPSA) is 64.6 Å². The average Bonchev–Trinajstić information content (AvgIpc) is 3.33. The molecule has 67 heavy (non-hydrogen) atoms. The molecular weight excluding hydrogens is 833 g/mol. The molecule has 400 valence electrons. The second kappa shape index (κ2) is 57.8. The fraction of sp³-hybridized carbons (Fsp3) is 0.933. The van der Waals surface area contributed by atoms with Gasteiger partial charge >= 0.3 is 0 Å². The van der Waals surface area contributed by atoms with Crippen LogP contribution in [0.5, 0.6) is 0 Å². The Bertz CT molecular complexity index is 865. The highest BCUT2D eigenvalue weighted by Gasteiger charge is 2.14. The largest absolute Gasteiger partial charge is 0.353 e. The van der Waals surface area contributed by atoms with E-state index in [9.17, 15) is 0 Å². The van der Waals surface area contributed by atoms with E-state index < -0.39 is 0 Å². The second-order valence-corrected chi connectivity index (χ2v) is 19.6. The van der Waals surface area contributed by atoms with E-state index >= 15 is 0 Å². The van der Waals surface area contributed by atoms with Crippen molar-refractivity contribution >= 4 is 0 Å². The van der Waals surface area contributed by atoms with Crippen LogP contribution in [0.15, 0.2) is 24.3 Å². The second-order valence-electron chi connectivity index (χ2n) is 19.6.